The summed E-state index contributed by atoms with van der Waals surface area (Å²) in [5, 5.41) is 13.1. The summed E-state index contributed by atoms with van der Waals surface area (Å²) < 4.78 is 1.67. The molecule has 0 aliphatic heterocycles. The fourth-order valence-corrected chi connectivity index (χ4v) is 1.71. The second-order valence-corrected chi connectivity index (χ2v) is 4.34. The fourth-order valence-electron chi connectivity index (χ4n) is 1.71. The van der Waals surface area contributed by atoms with E-state index in [1.54, 1.807) is 11.7 Å². The van der Waals surface area contributed by atoms with Gasteiger partial charge in [-0.05, 0) is 6.92 Å². The first-order valence-corrected chi connectivity index (χ1v) is 4.76. The van der Waals surface area contributed by atoms with Crippen LogP contribution in [0.4, 0.5) is 0 Å². The van der Waals surface area contributed by atoms with E-state index in [4.69, 9.17) is 10.8 Å². The second kappa shape index (κ2) is 3.66. The van der Waals surface area contributed by atoms with Crippen molar-refractivity contribution >= 4 is 5.97 Å². The summed E-state index contributed by atoms with van der Waals surface area (Å²) in [5.74, 6) is -0.997. The van der Waals surface area contributed by atoms with Crippen LogP contribution >= 0.6 is 0 Å². The van der Waals surface area contributed by atoms with E-state index in [0.29, 0.717) is 0 Å². The zero-order valence-electron chi connectivity index (χ0n) is 9.48. The first kappa shape index (κ1) is 11.7. The Morgan fingerprint density at radius 1 is 1.67 bits per heavy atom. The van der Waals surface area contributed by atoms with Gasteiger partial charge in [-0.3, -0.25) is 9.48 Å². The third-order valence-corrected chi connectivity index (χ3v) is 2.75. The SMILES string of the molecule is Cc1nn(C)cc1C(C)(C)C(N)C(=O)O. The first-order chi connectivity index (χ1) is 6.76. The van der Waals surface area contributed by atoms with Crippen LogP contribution in [0.3, 0.4) is 0 Å². The molecule has 0 radical (unpaired) electrons. The van der Waals surface area contributed by atoms with Crippen LogP contribution in [0.15, 0.2) is 6.20 Å². The third-order valence-electron chi connectivity index (χ3n) is 2.75. The van der Waals surface area contributed by atoms with Crippen LogP contribution < -0.4 is 5.73 Å². The zero-order valence-corrected chi connectivity index (χ0v) is 9.48. The van der Waals surface area contributed by atoms with Crippen molar-refractivity contribution in [2.24, 2.45) is 12.8 Å². The van der Waals surface area contributed by atoms with Crippen LogP contribution in [-0.4, -0.2) is 26.9 Å². The van der Waals surface area contributed by atoms with Crippen molar-refractivity contribution in [3.8, 4) is 0 Å². The number of nitrogens with zero attached hydrogens (tertiary/aromatic N) is 2. The molecule has 1 aromatic heterocycles. The molecule has 0 saturated carbocycles. The predicted molar refractivity (Wildman–Crippen MR) is 56.6 cm³/mol. The van der Waals surface area contributed by atoms with E-state index in [1.807, 2.05) is 27.0 Å². The summed E-state index contributed by atoms with van der Waals surface area (Å²) in [6.45, 7) is 5.48. The summed E-state index contributed by atoms with van der Waals surface area (Å²) in [6.07, 6.45) is 1.82. The van der Waals surface area contributed by atoms with Gasteiger partial charge < -0.3 is 10.8 Å². The number of aliphatic carboxylic acids is 1. The van der Waals surface area contributed by atoms with Gasteiger partial charge in [0.25, 0.3) is 0 Å². The minimum atomic E-state index is -0.997. The second-order valence-electron chi connectivity index (χ2n) is 4.34. The van der Waals surface area contributed by atoms with E-state index >= 15 is 0 Å². The number of nitrogens with two attached hydrogens (primary N) is 1. The fraction of sp³-hybridized carbons (Fsp3) is 0.600. The Bertz CT molecular complexity index is 382. The molecule has 0 aromatic carbocycles. The van der Waals surface area contributed by atoms with Crippen molar-refractivity contribution in [2.75, 3.05) is 0 Å². The Morgan fingerprint density at radius 3 is 2.53 bits per heavy atom. The largest absolute Gasteiger partial charge is 0.480 e. The summed E-state index contributed by atoms with van der Waals surface area (Å²) in [5.41, 5.74) is 6.74. The molecule has 15 heavy (non-hydrogen) atoms. The average molecular weight is 211 g/mol. The van der Waals surface area contributed by atoms with Crippen LogP contribution in [0.25, 0.3) is 0 Å². The Morgan fingerprint density at radius 2 is 2.20 bits per heavy atom. The lowest BCUT2D eigenvalue weighted by Crippen LogP contribution is -2.47. The Hall–Kier alpha value is -1.36. The topological polar surface area (TPSA) is 81.1 Å². The van der Waals surface area contributed by atoms with Gasteiger partial charge in [0.1, 0.15) is 6.04 Å². The van der Waals surface area contributed by atoms with Gasteiger partial charge in [0, 0.05) is 24.2 Å². The molecule has 0 saturated heterocycles. The zero-order chi connectivity index (χ0) is 11.8. The van der Waals surface area contributed by atoms with E-state index in [-0.39, 0.29) is 0 Å². The number of aryl methyl sites for hydroxylation is 2. The number of aromatic nitrogens is 2. The lowest BCUT2D eigenvalue weighted by atomic mass is 9.78. The monoisotopic (exact) mass is 211 g/mol. The van der Waals surface area contributed by atoms with Gasteiger partial charge in [0.15, 0.2) is 0 Å². The van der Waals surface area contributed by atoms with Crippen LogP contribution in [0.1, 0.15) is 25.1 Å². The highest BCUT2D eigenvalue weighted by Gasteiger charge is 2.36. The molecule has 0 spiro atoms. The molecule has 84 valence electrons. The Labute approximate surface area is 88.9 Å². The molecule has 1 rings (SSSR count). The minimum Gasteiger partial charge on any atom is -0.480 e. The smallest absolute Gasteiger partial charge is 0.321 e. The molecule has 1 atom stereocenters. The third kappa shape index (κ3) is 2.02. The molecule has 0 aliphatic rings. The Balaban J connectivity index is 3.15. The number of hydrogen-bond donors (Lipinski definition) is 2. The maximum Gasteiger partial charge on any atom is 0.321 e. The highest BCUT2D eigenvalue weighted by atomic mass is 16.4. The molecule has 0 fully saturated rings. The highest BCUT2D eigenvalue weighted by molar-refractivity contribution is 5.75. The molecule has 1 unspecified atom stereocenters. The first-order valence-electron chi connectivity index (χ1n) is 4.76. The molecule has 5 heteroatoms. The Kier molecular flexibility index (Phi) is 2.86. The van der Waals surface area contributed by atoms with Gasteiger partial charge >= 0.3 is 5.97 Å². The molecule has 0 amide bonds. The van der Waals surface area contributed by atoms with Gasteiger partial charge in [-0.25, -0.2) is 0 Å². The van der Waals surface area contributed by atoms with Gasteiger partial charge in [-0.1, -0.05) is 13.8 Å². The van der Waals surface area contributed by atoms with Crippen molar-refractivity contribution in [1.82, 2.24) is 9.78 Å². The summed E-state index contributed by atoms with van der Waals surface area (Å²) in [4.78, 5) is 10.9. The number of carboxylic acids is 1. The van der Waals surface area contributed by atoms with Crippen molar-refractivity contribution in [2.45, 2.75) is 32.2 Å². The summed E-state index contributed by atoms with van der Waals surface area (Å²) >= 11 is 0. The van der Waals surface area contributed by atoms with Gasteiger partial charge in [0.2, 0.25) is 0 Å². The van der Waals surface area contributed by atoms with Gasteiger partial charge in [-0.15, -0.1) is 0 Å². The lowest BCUT2D eigenvalue weighted by molar-refractivity contribution is -0.140. The van der Waals surface area contributed by atoms with Crippen molar-refractivity contribution in [3.05, 3.63) is 17.5 Å². The van der Waals surface area contributed by atoms with E-state index in [1.165, 1.54) is 0 Å². The average Bonchev–Trinajstić information content (AvgIpc) is 2.44. The normalized spacial score (nSPS) is 13.9. The van der Waals surface area contributed by atoms with Gasteiger partial charge in [-0.2, -0.15) is 5.10 Å². The minimum absolute atomic E-state index is 0.621. The molecule has 0 bridgehead atoms. The lowest BCUT2D eigenvalue weighted by Gasteiger charge is -2.28. The molecule has 3 N–H and O–H groups in total. The van der Waals surface area contributed by atoms with Crippen molar-refractivity contribution in [1.29, 1.82) is 0 Å². The molecule has 1 heterocycles. The maximum absolute atomic E-state index is 10.9. The number of carboxylic acid groups (broad SMARTS) is 1. The quantitative estimate of drug-likeness (QED) is 0.759. The highest BCUT2D eigenvalue weighted by Crippen LogP contribution is 2.28. The van der Waals surface area contributed by atoms with Gasteiger partial charge in [0.05, 0.1) is 5.69 Å². The predicted octanol–water partition coefficient (Wildman–Crippen LogP) is 0.418. The standard InChI is InChI=1S/C10H17N3O2/c1-6-7(5-13(4)12-6)10(2,3)8(11)9(14)15/h5,8H,11H2,1-4H3,(H,14,15). The van der Waals surface area contributed by atoms with Crippen molar-refractivity contribution in [3.63, 3.8) is 0 Å². The molecule has 1 aromatic rings. The summed E-state index contributed by atoms with van der Waals surface area (Å²) in [6, 6.07) is -0.930. The number of carbonyl (C=O) groups is 1. The van der Waals surface area contributed by atoms with E-state index in [9.17, 15) is 4.79 Å². The van der Waals surface area contributed by atoms with Crippen LogP contribution in [0, 0.1) is 6.92 Å². The summed E-state index contributed by atoms with van der Waals surface area (Å²) in [7, 11) is 1.80. The van der Waals surface area contributed by atoms with E-state index in [2.05, 4.69) is 5.10 Å². The van der Waals surface area contributed by atoms with Crippen LogP contribution in [-0.2, 0) is 17.3 Å². The number of rotatable bonds is 3. The van der Waals surface area contributed by atoms with E-state index < -0.39 is 17.4 Å². The van der Waals surface area contributed by atoms with Crippen LogP contribution in [0.2, 0.25) is 0 Å². The van der Waals surface area contributed by atoms with Crippen LogP contribution in [0.5, 0.6) is 0 Å². The maximum atomic E-state index is 10.9. The van der Waals surface area contributed by atoms with Crippen molar-refractivity contribution < 1.29 is 9.90 Å². The molecule has 5 nitrogen and oxygen atoms in total. The molecule has 0 aliphatic carbocycles. The number of hydrogen-bond acceptors (Lipinski definition) is 3. The molecular weight excluding hydrogens is 194 g/mol. The van der Waals surface area contributed by atoms with E-state index in [0.717, 1.165) is 11.3 Å². The molecular formula is C10H17N3O2.